The van der Waals surface area contributed by atoms with E-state index in [1.165, 1.54) is 0 Å². The van der Waals surface area contributed by atoms with E-state index in [2.05, 4.69) is 26.0 Å². The van der Waals surface area contributed by atoms with Crippen molar-refractivity contribution in [1.29, 1.82) is 0 Å². The van der Waals surface area contributed by atoms with Gasteiger partial charge in [-0.3, -0.25) is 4.79 Å². The van der Waals surface area contributed by atoms with Crippen molar-refractivity contribution in [3.05, 3.63) is 22.2 Å². The van der Waals surface area contributed by atoms with E-state index in [-0.39, 0.29) is 19.1 Å². The first-order valence-corrected chi connectivity index (χ1v) is 8.08. The number of nitrogens with one attached hydrogen (secondary N) is 1. The molecule has 5 nitrogen and oxygen atoms in total. The van der Waals surface area contributed by atoms with Gasteiger partial charge in [-0.25, -0.2) is 0 Å². The fraction of sp³-hybridized carbons (Fsp3) is 0.533. The van der Waals surface area contributed by atoms with Gasteiger partial charge in [0.15, 0.2) is 11.5 Å². The average molecular weight is 412 g/mol. The molecule has 1 atom stereocenters. The number of hydrogen-bond acceptors (Lipinski definition) is 4. The summed E-state index contributed by atoms with van der Waals surface area (Å²) in [6, 6.07) is 3.17. The van der Waals surface area contributed by atoms with Crippen LogP contribution in [0.5, 0.6) is 11.5 Å². The van der Waals surface area contributed by atoms with E-state index in [0.29, 0.717) is 24.7 Å². The van der Waals surface area contributed by atoms with E-state index in [9.17, 15) is 18.0 Å². The smallest absolute Gasteiger partial charge is 0.411 e. The number of benzene rings is 1. The Morgan fingerprint density at radius 2 is 1.96 bits per heavy atom. The summed E-state index contributed by atoms with van der Waals surface area (Å²) in [5.74, 6) is 0.816. The van der Waals surface area contributed by atoms with Gasteiger partial charge in [0, 0.05) is 10.9 Å². The van der Waals surface area contributed by atoms with Gasteiger partial charge < -0.3 is 19.5 Å². The number of carbonyl (C=O) groups is 1. The van der Waals surface area contributed by atoms with Gasteiger partial charge >= 0.3 is 6.18 Å². The molecule has 0 aliphatic carbocycles. The summed E-state index contributed by atoms with van der Waals surface area (Å²) in [4.78, 5) is 11.8. The quantitative estimate of drug-likeness (QED) is 0.729. The second kappa shape index (κ2) is 8.06. The van der Waals surface area contributed by atoms with Gasteiger partial charge in [-0.15, -0.1) is 0 Å². The molecule has 0 fully saturated rings. The molecule has 1 N–H and O–H groups in total. The first-order chi connectivity index (χ1) is 11.3. The largest absolute Gasteiger partial charge is 0.486 e. The standard InChI is InChI=1S/C15H17BrF3NO4/c1-9(20-14(21)2-3-22-8-15(17,18)19)10-6-12-13(7-11(10)16)24-5-4-23-12/h6-7,9H,2-5,8H2,1H3,(H,20,21). The van der Waals surface area contributed by atoms with Crippen LogP contribution < -0.4 is 14.8 Å². The number of halogens is 4. The number of alkyl halides is 3. The average Bonchev–Trinajstić information content (AvgIpc) is 2.50. The third-order valence-electron chi connectivity index (χ3n) is 3.24. The molecule has 2 rings (SSSR count). The SMILES string of the molecule is CC(NC(=O)CCOCC(F)(F)F)c1cc2c(cc1Br)OCCO2. The molecule has 0 aromatic heterocycles. The number of hydrogen-bond donors (Lipinski definition) is 1. The van der Waals surface area contributed by atoms with E-state index >= 15 is 0 Å². The first kappa shape index (κ1) is 18.9. The zero-order valence-electron chi connectivity index (χ0n) is 12.9. The summed E-state index contributed by atoms with van der Waals surface area (Å²) < 4.78 is 52.0. The van der Waals surface area contributed by atoms with Gasteiger partial charge in [0.25, 0.3) is 0 Å². The topological polar surface area (TPSA) is 56.8 Å². The van der Waals surface area contributed by atoms with Gasteiger partial charge in [0.05, 0.1) is 12.6 Å². The second-order valence-corrected chi connectivity index (χ2v) is 6.08. The lowest BCUT2D eigenvalue weighted by atomic mass is 10.1. The Labute approximate surface area is 145 Å². The maximum absolute atomic E-state index is 11.9. The van der Waals surface area contributed by atoms with Crippen LogP contribution in [0.4, 0.5) is 13.2 Å². The molecule has 1 unspecified atom stereocenters. The molecule has 1 amide bonds. The fourth-order valence-corrected chi connectivity index (χ4v) is 2.82. The molecule has 1 aliphatic rings. The van der Waals surface area contributed by atoms with Crippen LogP contribution in [0.15, 0.2) is 16.6 Å². The predicted molar refractivity (Wildman–Crippen MR) is 83.2 cm³/mol. The molecule has 24 heavy (non-hydrogen) atoms. The van der Waals surface area contributed by atoms with Crippen molar-refractivity contribution in [2.75, 3.05) is 26.4 Å². The molecule has 0 saturated carbocycles. The summed E-state index contributed by atoms with van der Waals surface area (Å²) >= 11 is 3.42. The lowest BCUT2D eigenvalue weighted by Gasteiger charge is -2.22. The van der Waals surface area contributed by atoms with Crippen molar-refractivity contribution in [2.45, 2.75) is 25.6 Å². The molecule has 9 heteroatoms. The molecule has 0 saturated heterocycles. The van der Waals surface area contributed by atoms with Gasteiger partial charge in [-0.2, -0.15) is 13.2 Å². The molecule has 1 heterocycles. The summed E-state index contributed by atoms with van der Waals surface area (Å²) in [5, 5.41) is 2.71. The van der Waals surface area contributed by atoms with Crippen LogP contribution in [0, 0.1) is 0 Å². The molecule has 1 aromatic rings. The van der Waals surface area contributed by atoms with Crippen LogP contribution in [0.1, 0.15) is 24.9 Å². The van der Waals surface area contributed by atoms with Crippen molar-refractivity contribution in [3.8, 4) is 11.5 Å². The summed E-state index contributed by atoms with van der Waals surface area (Å²) in [5.41, 5.74) is 0.781. The molecule has 134 valence electrons. The monoisotopic (exact) mass is 411 g/mol. The van der Waals surface area contributed by atoms with Crippen molar-refractivity contribution in [2.24, 2.45) is 0 Å². The lowest BCUT2D eigenvalue weighted by Crippen LogP contribution is -2.28. The van der Waals surface area contributed by atoms with Crippen LogP contribution in [-0.4, -0.2) is 38.5 Å². The number of rotatable bonds is 6. The van der Waals surface area contributed by atoms with Gasteiger partial charge in [-0.05, 0) is 24.6 Å². The predicted octanol–water partition coefficient (Wildman–Crippen LogP) is 3.37. The summed E-state index contributed by atoms with van der Waals surface area (Å²) in [7, 11) is 0. The van der Waals surface area contributed by atoms with Crippen molar-refractivity contribution in [1.82, 2.24) is 5.32 Å². The van der Waals surface area contributed by atoms with Crippen LogP contribution >= 0.6 is 15.9 Å². The molecular weight excluding hydrogens is 395 g/mol. The minimum Gasteiger partial charge on any atom is -0.486 e. The third kappa shape index (κ3) is 5.55. The summed E-state index contributed by atoms with van der Waals surface area (Å²) in [6.45, 7) is 1.04. The Kier molecular flexibility index (Phi) is 6.34. The van der Waals surface area contributed by atoms with E-state index < -0.39 is 18.7 Å². The fourth-order valence-electron chi connectivity index (χ4n) is 2.16. The Morgan fingerprint density at radius 1 is 1.33 bits per heavy atom. The van der Waals surface area contributed by atoms with Crippen molar-refractivity contribution < 1.29 is 32.2 Å². The Bertz CT molecular complexity index is 595. The minimum atomic E-state index is -4.39. The van der Waals surface area contributed by atoms with E-state index in [1.807, 2.05) is 0 Å². The molecule has 0 spiro atoms. The van der Waals surface area contributed by atoms with Crippen LogP contribution in [-0.2, 0) is 9.53 Å². The van der Waals surface area contributed by atoms with Gasteiger partial charge in [0.2, 0.25) is 5.91 Å². The molecule has 0 bridgehead atoms. The highest BCUT2D eigenvalue weighted by Crippen LogP contribution is 2.37. The highest BCUT2D eigenvalue weighted by Gasteiger charge is 2.27. The number of carbonyl (C=O) groups excluding carboxylic acids is 1. The number of amides is 1. The maximum Gasteiger partial charge on any atom is 0.411 e. The number of ether oxygens (including phenoxy) is 3. The molecule has 0 radical (unpaired) electrons. The normalized spacial score (nSPS) is 15.0. The van der Waals surface area contributed by atoms with E-state index in [1.54, 1.807) is 19.1 Å². The van der Waals surface area contributed by atoms with Crippen molar-refractivity contribution in [3.63, 3.8) is 0 Å². The lowest BCUT2D eigenvalue weighted by molar-refractivity contribution is -0.174. The third-order valence-corrected chi connectivity index (χ3v) is 3.93. The van der Waals surface area contributed by atoms with Crippen molar-refractivity contribution >= 4 is 21.8 Å². The van der Waals surface area contributed by atoms with E-state index in [0.717, 1.165) is 10.0 Å². The minimum absolute atomic E-state index is 0.150. The highest BCUT2D eigenvalue weighted by atomic mass is 79.9. The van der Waals surface area contributed by atoms with Gasteiger partial charge in [-0.1, -0.05) is 15.9 Å². The Balaban J connectivity index is 1.87. The van der Waals surface area contributed by atoms with Crippen LogP contribution in [0.3, 0.4) is 0 Å². The Hall–Kier alpha value is -1.48. The molecule has 1 aliphatic heterocycles. The van der Waals surface area contributed by atoms with Gasteiger partial charge in [0.1, 0.15) is 19.8 Å². The second-order valence-electron chi connectivity index (χ2n) is 5.22. The number of fused-ring (bicyclic) bond motifs is 1. The zero-order valence-corrected chi connectivity index (χ0v) is 14.5. The molecule has 1 aromatic carbocycles. The zero-order chi connectivity index (χ0) is 17.7. The van der Waals surface area contributed by atoms with Crippen LogP contribution in [0.25, 0.3) is 0 Å². The van der Waals surface area contributed by atoms with Crippen LogP contribution in [0.2, 0.25) is 0 Å². The summed E-state index contributed by atoms with van der Waals surface area (Å²) in [6.07, 6.45) is -4.54. The maximum atomic E-state index is 11.9. The Morgan fingerprint density at radius 3 is 2.58 bits per heavy atom. The molecular formula is C15H17BrF3NO4. The van der Waals surface area contributed by atoms with E-state index in [4.69, 9.17) is 9.47 Å². The first-order valence-electron chi connectivity index (χ1n) is 7.29. The highest BCUT2D eigenvalue weighted by molar-refractivity contribution is 9.10.